The number of carbonyl (C=O) groups excluding carboxylic acids is 1. The van der Waals surface area contributed by atoms with Crippen LogP contribution in [0.15, 0.2) is 0 Å². The summed E-state index contributed by atoms with van der Waals surface area (Å²) >= 11 is 0. The number of ether oxygens (including phenoxy) is 1. The highest BCUT2D eigenvalue weighted by molar-refractivity contribution is 5.75. The maximum atomic E-state index is 12.3. The zero-order chi connectivity index (χ0) is 18.3. The molecular formula is C20H30O5. The van der Waals surface area contributed by atoms with Crippen molar-refractivity contribution in [3.8, 4) is 0 Å². The molecule has 5 heteroatoms. The molecule has 0 aromatic heterocycles. The molecule has 4 rings (SSSR count). The molecule has 7 atom stereocenters. The van der Waals surface area contributed by atoms with E-state index in [0.29, 0.717) is 19.3 Å². The minimum atomic E-state index is -0.778. The fraction of sp³-hybridized carbons (Fsp3) is 0.900. The van der Waals surface area contributed by atoms with Crippen LogP contribution in [0.1, 0.15) is 72.1 Å². The third kappa shape index (κ3) is 2.11. The van der Waals surface area contributed by atoms with E-state index >= 15 is 0 Å². The second kappa shape index (κ2) is 4.99. The molecule has 25 heavy (non-hydrogen) atoms. The van der Waals surface area contributed by atoms with Crippen LogP contribution in [0.25, 0.3) is 0 Å². The normalized spacial score (nSPS) is 54.9. The molecule has 0 unspecified atom stereocenters. The summed E-state index contributed by atoms with van der Waals surface area (Å²) in [6.07, 6.45) is 5.44. The average molecular weight is 350 g/mol. The highest BCUT2D eigenvalue weighted by atomic mass is 16.6. The van der Waals surface area contributed by atoms with Crippen LogP contribution in [0.3, 0.4) is 0 Å². The highest BCUT2D eigenvalue weighted by Crippen LogP contribution is 2.70. The van der Waals surface area contributed by atoms with Crippen molar-refractivity contribution < 1.29 is 24.5 Å². The Morgan fingerprint density at radius 2 is 1.88 bits per heavy atom. The fourth-order valence-electron chi connectivity index (χ4n) is 7.52. The number of fused-ring (bicyclic) bond motifs is 3. The van der Waals surface area contributed by atoms with E-state index in [1.54, 1.807) is 0 Å². The minimum Gasteiger partial charge on any atom is -0.481 e. The first-order valence-electron chi connectivity index (χ1n) is 9.69. The van der Waals surface area contributed by atoms with Crippen molar-refractivity contribution in [3.05, 3.63) is 0 Å². The van der Waals surface area contributed by atoms with Gasteiger partial charge < -0.3 is 14.9 Å². The zero-order valence-corrected chi connectivity index (χ0v) is 15.5. The number of carbonyl (C=O) groups is 2. The summed E-state index contributed by atoms with van der Waals surface area (Å²) in [5.41, 5.74) is -1.75. The Labute approximate surface area is 149 Å². The predicted molar refractivity (Wildman–Crippen MR) is 90.7 cm³/mol. The quantitative estimate of drug-likeness (QED) is 0.710. The van der Waals surface area contributed by atoms with Gasteiger partial charge in [-0.25, -0.2) is 0 Å². The molecule has 1 heterocycles. The summed E-state index contributed by atoms with van der Waals surface area (Å²) in [4.78, 5) is 24.4. The first-order valence-corrected chi connectivity index (χ1v) is 9.69. The van der Waals surface area contributed by atoms with Crippen molar-refractivity contribution in [2.24, 2.45) is 28.1 Å². The summed E-state index contributed by atoms with van der Waals surface area (Å²) in [6.45, 7) is 6.01. The molecule has 2 bridgehead atoms. The molecule has 3 aliphatic carbocycles. The van der Waals surface area contributed by atoms with Gasteiger partial charge in [-0.15, -0.1) is 0 Å². The van der Waals surface area contributed by atoms with Gasteiger partial charge in [0.15, 0.2) is 0 Å². The van der Waals surface area contributed by atoms with Gasteiger partial charge in [0.1, 0.15) is 5.60 Å². The van der Waals surface area contributed by atoms with E-state index in [9.17, 15) is 19.8 Å². The van der Waals surface area contributed by atoms with E-state index in [1.165, 1.54) is 0 Å². The standard InChI is InChI=1S/C20H30O5/c1-17-6-4-7-18(2,16(23)24)12(17)5-8-20-10-15(22)25-19(3,11-20)14(21)9-13(17)20/h12-14,21H,4-11H2,1-3H3,(H,23,24)/t12-,13-,14+,17-,18+,19-,20+/m1/s1. The van der Waals surface area contributed by atoms with Crippen LogP contribution in [-0.2, 0) is 14.3 Å². The molecule has 1 saturated heterocycles. The Hall–Kier alpha value is -1.10. The summed E-state index contributed by atoms with van der Waals surface area (Å²) < 4.78 is 5.57. The third-order valence-corrected chi connectivity index (χ3v) is 8.64. The van der Waals surface area contributed by atoms with Gasteiger partial charge in [-0.05, 0) is 75.0 Å². The zero-order valence-electron chi connectivity index (χ0n) is 15.5. The third-order valence-electron chi connectivity index (χ3n) is 8.64. The lowest BCUT2D eigenvalue weighted by Crippen LogP contribution is -2.67. The highest BCUT2D eigenvalue weighted by Gasteiger charge is 2.68. The topological polar surface area (TPSA) is 83.8 Å². The van der Waals surface area contributed by atoms with Gasteiger partial charge in [0.25, 0.3) is 0 Å². The van der Waals surface area contributed by atoms with E-state index in [1.807, 2.05) is 13.8 Å². The number of rotatable bonds is 1. The van der Waals surface area contributed by atoms with Crippen molar-refractivity contribution in [2.45, 2.75) is 83.8 Å². The van der Waals surface area contributed by atoms with Crippen LogP contribution in [0, 0.1) is 28.1 Å². The molecule has 0 aromatic carbocycles. The maximum absolute atomic E-state index is 12.3. The number of aliphatic hydroxyl groups is 1. The molecule has 5 nitrogen and oxygen atoms in total. The van der Waals surface area contributed by atoms with Crippen molar-refractivity contribution in [3.63, 3.8) is 0 Å². The van der Waals surface area contributed by atoms with Gasteiger partial charge in [0.05, 0.1) is 17.9 Å². The molecule has 0 amide bonds. The van der Waals surface area contributed by atoms with Gasteiger partial charge in [0, 0.05) is 0 Å². The molecule has 1 spiro atoms. The molecule has 1 aliphatic heterocycles. The number of hydrogen-bond donors (Lipinski definition) is 2. The second-order valence-electron chi connectivity index (χ2n) is 9.98. The van der Waals surface area contributed by atoms with Gasteiger partial charge in [-0.3, -0.25) is 9.59 Å². The number of esters is 1. The lowest BCUT2D eigenvalue weighted by atomic mass is 9.38. The molecule has 4 aliphatic rings. The summed E-state index contributed by atoms with van der Waals surface area (Å²) in [5, 5.41) is 20.7. The lowest BCUT2D eigenvalue weighted by Gasteiger charge is -2.67. The van der Waals surface area contributed by atoms with Gasteiger partial charge >= 0.3 is 11.9 Å². The Morgan fingerprint density at radius 3 is 2.56 bits per heavy atom. The van der Waals surface area contributed by atoms with Gasteiger partial charge in [0.2, 0.25) is 0 Å². The Bertz CT molecular complexity index is 632. The van der Waals surface area contributed by atoms with Crippen LogP contribution in [0.5, 0.6) is 0 Å². The molecule has 3 saturated carbocycles. The lowest BCUT2D eigenvalue weighted by molar-refractivity contribution is -0.255. The SMILES string of the molecule is C[C@@]12CCC[C@](C)(C(=O)O)[C@@H]1CC[C@]13CC(=O)O[C@](C)(C1)[C@@H](O)C[C@@H]32. The van der Waals surface area contributed by atoms with Crippen molar-refractivity contribution in [2.75, 3.05) is 0 Å². The molecule has 140 valence electrons. The van der Waals surface area contributed by atoms with Crippen molar-refractivity contribution >= 4 is 11.9 Å². The monoisotopic (exact) mass is 350 g/mol. The molecule has 0 radical (unpaired) electrons. The first-order chi connectivity index (χ1) is 11.6. The van der Waals surface area contributed by atoms with E-state index in [4.69, 9.17) is 4.74 Å². The van der Waals surface area contributed by atoms with E-state index < -0.39 is 23.1 Å². The minimum absolute atomic E-state index is 0.108. The van der Waals surface area contributed by atoms with E-state index in [-0.39, 0.29) is 28.6 Å². The van der Waals surface area contributed by atoms with Crippen LogP contribution in [-0.4, -0.2) is 33.9 Å². The first kappa shape index (κ1) is 17.3. The van der Waals surface area contributed by atoms with Gasteiger partial charge in [-0.2, -0.15) is 0 Å². The molecular weight excluding hydrogens is 320 g/mol. The Morgan fingerprint density at radius 1 is 1.16 bits per heavy atom. The number of carboxylic acid groups (broad SMARTS) is 1. The Balaban J connectivity index is 1.78. The van der Waals surface area contributed by atoms with Crippen molar-refractivity contribution in [1.82, 2.24) is 0 Å². The second-order valence-corrected chi connectivity index (χ2v) is 9.98. The smallest absolute Gasteiger partial charge is 0.309 e. The number of aliphatic carboxylic acids is 1. The number of aliphatic hydroxyl groups excluding tert-OH is 1. The van der Waals surface area contributed by atoms with E-state index in [2.05, 4.69) is 6.92 Å². The summed E-state index contributed by atoms with van der Waals surface area (Å²) in [7, 11) is 0. The molecule has 2 N–H and O–H groups in total. The molecule has 4 fully saturated rings. The number of hydrogen-bond acceptors (Lipinski definition) is 4. The van der Waals surface area contributed by atoms with Crippen molar-refractivity contribution in [1.29, 1.82) is 0 Å². The number of carboxylic acids is 1. The van der Waals surface area contributed by atoms with Gasteiger partial charge in [-0.1, -0.05) is 13.3 Å². The Kier molecular flexibility index (Phi) is 3.46. The van der Waals surface area contributed by atoms with Crippen LogP contribution < -0.4 is 0 Å². The summed E-state index contributed by atoms with van der Waals surface area (Å²) in [5.74, 6) is -0.593. The van der Waals surface area contributed by atoms with Crippen LogP contribution >= 0.6 is 0 Å². The average Bonchev–Trinajstić information content (AvgIpc) is 2.48. The van der Waals surface area contributed by atoms with Crippen LogP contribution in [0.4, 0.5) is 0 Å². The summed E-state index contributed by atoms with van der Waals surface area (Å²) in [6, 6.07) is 0. The maximum Gasteiger partial charge on any atom is 0.309 e. The predicted octanol–water partition coefficient (Wildman–Crippen LogP) is 3.14. The largest absolute Gasteiger partial charge is 0.481 e. The molecule has 0 aromatic rings. The fourth-order valence-corrected chi connectivity index (χ4v) is 7.52. The van der Waals surface area contributed by atoms with E-state index in [0.717, 1.165) is 32.1 Å². The van der Waals surface area contributed by atoms with Crippen LogP contribution in [0.2, 0.25) is 0 Å².